The van der Waals surface area contributed by atoms with E-state index in [2.05, 4.69) is 48.7 Å². The van der Waals surface area contributed by atoms with Gasteiger partial charge < -0.3 is 0 Å². The van der Waals surface area contributed by atoms with Crippen molar-refractivity contribution >= 4 is 38.5 Å². The monoisotopic (exact) mass is 326 g/mol. The molecule has 0 atom stereocenters. The minimum absolute atomic E-state index is 0.193. The average Bonchev–Trinajstić information content (AvgIpc) is 1.95. The Balaban J connectivity index is 2.98. The molecular formula is C6H4BrIN2O. The highest BCUT2D eigenvalue weighted by atomic mass is 127. The number of nitroso groups, excluding NO2 is 1. The Morgan fingerprint density at radius 2 is 2.45 bits per heavy atom. The van der Waals surface area contributed by atoms with E-state index in [-0.39, 0.29) is 6.54 Å². The zero-order chi connectivity index (χ0) is 8.27. The summed E-state index contributed by atoms with van der Waals surface area (Å²) in [6.07, 6.45) is 1.65. The second kappa shape index (κ2) is 4.10. The first-order chi connectivity index (χ1) is 5.24. The van der Waals surface area contributed by atoms with Crippen molar-refractivity contribution in [2.45, 2.75) is 6.54 Å². The Morgan fingerprint density at radius 3 is 3.00 bits per heavy atom. The van der Waals surface area contributed by atoms with E-state index < -0.39 is 0 Å². The molecule has 1 aromatic rings. The number of pyridine rings is 1. The molecule has 0 bridgehead atoms. The summed E-state index contributed by atoms with van der Waals surface area (Å²) in [6, 6.07) is 1.85. The zero-order valence-electron chi connectivity index (χ0n) is 5.42. The van der Waals surface area contributed by atoms with Crippen LogP contribution >= 0.6 is 38.5 Å². The largest absolute Gasteiger partial charge is 0.249 e. The Labute approximate surface area is 85.8 Å². The summed E-state index contributed by atoms with van der Waals surface area (Å²) >= 11 is 5.36. The van der Waals surface area contributed by atoms with Crippen LogP contribution in [0.1, 0.15) is 5.56 Å². The number of aromatic nitrogens is 1. The van der Waals surface area contributed by atoms with Gasteiger partial charge in [0.05, 0.1) is 0 Å². The van der Waals surface area contributed by atoms with Crippen molar-refractivity contribution in [2.75, 3.05) is 0 Å². The molecule has 1 rings (SSSR count). The SMILES string of the molecule is O=NCc1cnc(Br)cc1I. The number of hydrogen-bond donors (Lipinski definition) is 0. The van der Waals surface area contributed by atoms with Gasteiger partial charge in [-0.1, -0.05) is 5.18 Å². The van der Waals surface area contributed by atoms with Gasteiger partial charge in [-0.05, 0) is 44.6 Å². The van der Waals surface area contributed by atoms with Crippen LogP contribution in [0.3, 0.4) is 0 Å². The molecule has 0 amide bonds. The van der Waals surface area contributed by atoms with Crippen molar-refractivity contribution < 1.29 is 0 Å². The van der Waals surface area contributed by atoms with Crippen LogP contribution in [-0.2, 0) is 6.54 Å². The summed E-state index contributed by atoms with van der Waals surface area (Å²) in [5.74, 6) is 0. The maximum Gasteiger partial charge on any atom is 0.109 e. The minimum atomic E-state index is 0.193. The molecule has 5 heteroatoms. The number of halogens is 2. The van der Waals surface area contributed by atoms with Gasteiger partial charge in [-0.3, -0.25) is 0 Å². The lowest BCUT2D eigenvalue weighted by atomic mass is 10.3. The molecule has 0 saturated heterocycles. The summed E-state index contributed by atoms with van der Waals surface area (Å²) in [7, 11) is 0. The third-order valence-electron chi connectivity index (χ3n) is 1.13. The summed E-state index contributed by atoms with van der Waals surface area (Å²) in [4.78, 5) is 13.9. The third-order valence-corrected chi connectivity index (χ3v) is 2.57. The fourth-order valence-electron chi connectivity index (χ4n) is 0.622. The van der Waals surface area contributed by atoms with Crippen LogP contribution in [0.4, 0.5) is 0 Å². The number of nitrogens with zero attached hydrogens (tertiary/aromatic N) is 2. The van der Waals surface area contributed by atoms with Gasteiger partial charge in [-0.2, -0.15) is 4.91 Å². The molecule has 0 spiro atoms. The van der Waals surface area contributed by atoms with Crippen LogP contribution in [0.2, 0.25) is 0 Å². The number of hydrogen-bond acceptors (Lipinski definition) is 3. The Bertz CT molecular complexity index is 279. The van der Waals surface area contributed by atoms with E-state index in [4.69, 9.17) is 0 Å². The first kappa shape index (κ1) is 9.05. The summed E-state index contributed by atoms with van der Waals surface area (Å²) < 4.78 is 1.78. The van der Waals surface area contributed by atoms with Crippen LogP contribution in [0, 0.1) is 8.48 Å². The lowest BCUT2D eigenvalue weighted by molar-refractivity contribution is 1.02. The fraction of sp³-hybridized carbons (Fsp3) is 0.167. The summed E-state index contributed by atoms with van der Waals surface area (Å²) in [6.45, 7) is 0.193. The minimum Gasteiger partial charge on any atom is -0.249 e. The van der Waals surface area contributed by atoms with Gasteiger partial charge in [-0.15, -0.1) is 0 Å². The van der Waals surface area contributed by atoms with Gasteiger partial charge in [0.2, 0.25) is 0 Å². The second-order valence-electron chi connectivity index (χ2n) is 1.89. The van der Waals surface area contributed by atoms with Crippen LogP contribution in [0.5, 0.6) is 0 Å². The molecule has 0 unspecified atom stereocenters. The van der Waals surface area contributed by atoms with E-state index >= 15 is 0 Å². The Morgan fingerprint density at radius 1 is 1.73 bits per heavy atom. The lowest BCUT2D eigenvalue weighted by Crippen LogP contribution is -1.88. The predicted molar refractivity (Wildman–Crippen MR) is 54.2 cm³/mol. The van der Waals surface area contributed by atoms with Gasteiger partial charge in [0, 0.05) is 15.3 Å². The Hall–Kier alpha value is -0.0400. The molecule has 0 saturated carbocycles. The highest BCUT2D eigenvalue weighted by Crippen LogP contribution is 2.16. The van der Waals surface area contributed by atoms with Gasteiger partial charge in [0.15, 0.2) is 0 Å². The molecule has 1 aromatic heterocycles. The molecule has 0 radical (unpaired) electrons. The summed E-state index contributed by atoms with van der Waals surface area (Å²) in [5, 5.41) is 2.79. The van der Waals surface area contributed by atoms with Crippen LogP contribution in [-0.4, -0.2) is 4.98 Å². The molecule has 0 aliphatic carbocycles. The van der Waals surface area contributed by atoms with Gasteiger partial charge >= 0.3 is 0 Å². The topological polar surface area (TPSA) is 42.3 Å². The number of rotatable bonds is 2. The van der Waals surface area contributed by atoms with Crippen LogP contribution in [0.15, 0.2) is 22.0 Å². The molecule has 0 aliphatic rings. The van der Waals surface area contributed by atoms with Gasteiger partial charge in [-0.25, -0.2) is 4.98 Å². The second-order valence-corrected chi connectivity index (χ2v) is 3.86. The highest BCUT2D eigenvalue weighted by molar-refractivity contribution is 14.1. The van der Waals surface area contributed by atoms with Crippen molar-refractivity contribution in [3.63, 3.8) is 0 Å². The van der Waals surface area contributed by atoms with Crippen molar-refractivity contribution in [3.05, 3.63) is 30.9 Å². The normalized spacial score (nSPS) is 9.64. The van der Waals surface area contributed by atoms with Crippen molar-refractivity contribution in [1.82, 2.24) is 4.98 Å². The molecule has 0 fully saturated rings. The predicted octanol–water partition coefficient (Wildman–Crippen LogP) is 2.72. The smallest absolute Gasteiger partial charge is 0.109 e. The molecule has 0 aliphatic heterocycles. The molecule has 58 valence electrons. The average molecular weight is 327 g/mol. The first-order valence-corrected chi connectivity index (χ1v) is 4.70. The molecule has 11 heavy (non-hydrogen) atoms. The van der Waals surface area contributed by atoms with Crippen molar-refractivity contribution in [1.29, 1.82) is 0 Å². The van der Waals surface area contributed by atoms with Crippen LogP contribution in [0.25, 0.3) is 0 Å². The lowest BCUT2D eigenvalue weighted by Gasteiger charge is -1.97. The van der Waals surface area contributed by atoms with E-state index in [0.717, 1.165) is 13.7 Å². The van der Waals surface area contributed by atoms with E-state index in [0.29, 0.717) is 0 Å². The van der Waals surface area contributed by atoms with Crippen molar-refractivity contribution in [3.8, 4) is 0 Å². The third kappa shape index (κ3) is 2.48. The molecular weight excluding hydrogens is 323 g/mol. The standard InChI is InChI=1S/C6H4BrIN2O/c7-6-1-5(8)4(2-9-6)3-10-11/h1-2H,3H2. The molecule has 0 aromatic carbocycles. The Kier molecular flexibility index (Phi) is 3.38. The van der Waals surface area contributed by atoms with E-state index in [9.17, 15) is 4.91 Å². The van der Waals surface area contributed by atoms with E-state index in [1.54, 1.807) is 6.20 Å². The maximum atomic E-state index is 9.92. The molecule has 0 N–H and O–H groups in total. The van der Waals surface area contributed by atoms with Crippen LogP contribution < -0.4 is 0 Å². The summed E-state index contributed by atoms with van der Waals surface area (Å²) in [5.41, 5.74) is 0.865. The highest BCUT2D eigenvalue weighted by Gasteiger charge is 2.00. The van der Waals surface area contributed by atoms with Crippen molar-refractivity contribution in [2.24, 2.45) is 5.18 Å². The maximum absolute atomic E-state index is 9.92. The zero-order valence-corrected chi connectivity index (χ0v) is 9.16. The van der Waals surface area contributed by atoms with Gasteiger partial charge in [0.1, 0.15) is 11.1 Å². The van der Waals surface area contributed by atoms with E-state index in [1.165, 1.54) is 0 Å². The molecule has 1 heterocycles. The molecule has 3 nitrogen and oxygen atoms in total. The van der Waals surface area contributed by atoms with E-state index in [1.807, 2.05) is 6.07 Å². The fourth-order valence-corrected chi connectivity index (χ4v) is 1.99. The quantitative estimate of drug-likeness (QED) is 0.476. The first-order valence-electron chi connectivity index (χ1n) is 2.83. The van der Waals surface area contributed by atoms with Gasteiger partial charge in [0.25, 0.3) is 0 Å².